The van der Waals surface area contributed by atoms with E-state index in [0.717, 1.165) is 22.6 Å². The van der Waals surface area contributed by atoms with E-state index in [4.69, 9.17) is 9.84 Å². The first-order chi connectivity index (χ1) is 11.4. The van der Waals surface area contributed by atoms with Crippen LogP contribution in [0.25, 0.3) is 5.69 Å². The molecule has 24 heavy (non-hydrogen) atoms. The lowest BCUT2D eigenvalue weighted by Gasteiger charge is -2.13. The first-order valence-electron chi connectivity index (χ1n) is 7.65. The Morgan fingerprint density at radius 1 is 1.25 bits per heavy atom. The molecule has 128 valence electrons. The Hall–Kier alpha value is -2.60. The second kappa shape index (κ2) is 7.31. The molecule has 2 N–H and O–H groups in total. The van der Waals surface area contributed by atoms with Crippen LogP contribution in [0, 0.1) is 20.8 Å². The van der Waals surface area contributed by atoms with E-state index in [9.17, 15) is 9.59 Å². The van der Waals surface area contributed by atoms with E-state index in [1.165, 1.54) is 7.11 Å². The summed E-state index contributed by atoms with van der Waals surface area (Å²) in [5.74, 6) is -1.42. The van der Waals surface area contributed by atoms with Gasteiger partial charge in [0, 0.05) is 24.2 Å². The summed E-state index contributed by atoms with van der Waals surface area (Å²) in [5, 5.41) is 11.6. The van der Waals surface area contributed by atoms with E-state index in [1.807, 2.05) is 49.6 Å². The van der Waals surface area contributed by atoms with Gasteiger partial charge in [0.15, 0.2) is 6.10 Å². The molecule has 0 aliphatic rings. The van der Waals surface area contributed by atoms with Gasteiger partial charge >= 0.3 is 5.97 Å². The number of nitrogens with zero attached hydrogens (tertiary/aromatic N) is 1. The minimum Gasteiger partial charge on any atom is -0.479 e. The number of benzene rings is 1. The summed E-state index contributed by atoms with van der Waals surface area (Å²) >= 11 is 0. The van der Waals surface area contributed by atoms with Crippen LogP contribution in [-0.2, 0) is 9.53 Å². The van der Waals surface area contributed by atoms with Crippen LogP contribution in [0.2, 0.25) is 0 Å². The lowest BCUT2D eigenvalue weighted by molar-refractivity contribution is -0.148. The molecule has 0 radical (unpaired) electrons. The van der Waals surface area contributed by atoms with E-state index in [1.54, 1.807) is 6.07 Å². The third-order valence-corrected chi connectivity index (χ3v) is 4.04. The minimum atomic E-state index is -1.11. The molecule has 1 unspecified atom stereocenters. The van der Waals surface area contributed by atoms with Crippen LogP contribution >= 0.6 is 0 Å². The molecule has 1 aromatic carbocycles. The Kier molecular flexibility index (Phi) is 5.41. The Labute approximate surface area is 141 Å². The van der Waals surface area contributed by atoms with Crippen molar-refractivity contribution in [3.63, 3.8) is 0 Å². The normalized spacial score (nSPS) is 12.0. The number of ether oxygens (including phenoxy) is 1. The zero-order valence-electron chi connectivity index (χ0n) is 14.3. The van der Waals surface area contributed by atoms with E-state index in [2.05, 4.69) is 5.32 Å². The Morgan fingerprint density at radius 2 is 1.92 bits per heavy atom. The zero-order chi connectivity index (χ0) is 17.9. The molecule has 0 saturated heterocycles. The third kappa shape index (κ3) is 3.49. The predicted molar refractivity (Wildman–Crippen MR) is 90.7 cm³/mol. The van der Waals surface area contributed by atoms with Gasteiger partial charge in [0.05, 0.1) is 12.1 Å². The van der Waals surface area contributed by atoms with Crippen LogP contribution in [0.4, 0.5) is 0 Å². The first-order valence-corrected chi connectivity index (χ1v) is 7.65. The SMILES string of the molecule is COC(CNC(=O)c1cc(C)n(-c2ccccc2C)c1C)C(=O)O. The van der Waals surface area contributed by atoms with Gasteiger partial charge in [0.2, 0.25) is 0 Å². The van der Waals surface area contributed by atoms with Crippen LogP contribution in [0.1, 0.15) is 27.3 Å². The number of hydrogen-bond donors (Lipinski definition) is 2. The number of methoxy groups -OCH3 is 1. The molecule has 6 heteroatoms. The second-order valence-corrected chi connectivity index (χ2v) is 5.68. The number of carbonyl (C=O) groups is 2. The lowest BCUT2D eigenvalue weighted by atomic mass is 10.2. The highest BCUT2D eigenvalue weighted by molar-refractivity contribution is 5.96. The predicted octanol–water partition coefficient (Wildman–Crippen LogP) is 2.23. The highest BCUT2D eigenvalue weighted by Gasteiger charge is 2.21. The van der Waals surface area contributed by atoms with Crippen molar-refractivity contribution >= 4 is 11.9 Å². The van der Waals surface area contributed by atoms with Crippen LogP contribution in [0.5, 0.6) is 0 Å². The summed E-state index contributed by atoms with van der Waals surface area (Å²) in [6.07, 6.45) is -1.06. The van der Waals surface area contributed by atoms with E-state index in [-0.39, 0.29) is 12.5 Å². The number of para-hydroxylation sites is 1. The number of aryl methyl sites for hydroxylation is 2. The standard InChI is InChI=1S/C18H22N2O4/c1-11-7-5-6-8-15(11)20-12(2)9-14(13(20)3)17(21)19-10-16(24-4)18(22)23/h5-9,16H,10H2,1-4H3,(H,19,21)(H,22,23). The number of amides is 1. The van der Waals surface area contributed by atoms with E-state index in [0.29, 0.717) is 5.56 Å². The van der Waals surface area contributed by atoms with Crippen molar-refractivity contribution in [3.05, 3.63) is 52.8 Å². The number of aliphatic carboxylic acids is 1. The van der Waals surface area contributed by atoms with Crippen molar-refractivity contribution in [2.75, 3.05) is 13.7 Å². The van der Waals surface area contributed by atoms with Crippen LogP contribution in [0.3, 0.4) is 0 Å². The summed E-state index contributed by atoms with van der Waals surface area (Å²) < 4.78 is 6.85. The number of carboxylic acid groups (broad SMARTS) is 1. The van der Waals surface area contributed by atoms with Crippen LogP contribution in [-0.4, -0.2) is 41.3 Å². The number of aromatic nitrogens is 1. The molecule has 0 spiro atoms. The maximum atomic E-state index is 12.4. The number of carbonyl (C=O) groups excluding carboxylic acids is 1. The molecule has 2 aromatic rings. The highest BCUT2D eigenvalue weighted by Crippen LogP contribution is 2.23. The molecular weight excluding hydrogens is 308 g/mol. The Balaban J connectivity index is 2.27. The highest BCUT2D eigenvalue weighted by atomic mass is 16.5. The van der Waals surface area contributed by atoms with Gasteiger partial charge in [-0.15, -0.1) is 0 Å². The molecule has 6 nitrogen and oxygen atoms in total. The quantitative estimate of drug-likeness (QED) is 0.851. The van der Waals surface area contributed by atoms with Crippen molar-refractivity contribution < 1.29 is 19.4 Å². The molecular formula is C18H22N2O4. The maximum Gasteiger partial charge on any atom is 0.334 e. The molecule has 1 heterocycles. The number of rotatable bonds is 6. The van der Waals surface area contributed by atoms with Gasteiger partial charge in [0.1, 0.15) is 0 Å². The average Bonchev–Trinajstić information content (AvgIpc) is 2.83. The second-order valence-electron chi connectivity index (χ2n) is 5.68. The van der Waals surface area contributed by atoms with Gasteiger partial charge in [-0.25, -0.2) is 4.79 Å². The fourth-order valence-electron chi connectivity index (χ4n) is 2.73. The van der Waals surface area contributed by atoms with Crippen LogP contribution < -0.4 is 5.32 Å². The van der Waals surface area contributed by atoms with Crippen LogP contribution in [0.15, 0.2) is 30.3 Å². The molecule has 0 bridgehead atoms. The third-order valence-electron chi connectivity index (χ3n) is 4.04. The van der Waals surface area contributed by atoms with Gasteiger partial charge in [-0.2, -0.15) is 0 Å². The fraction of sp³-hybridized carbons (Fsp3) is 0.333. The monoisotopic (exact) mass is 330 g/mol. The van der Waals surface area contributed by atoms with E-state index < -0.39 is 12.1 Å². The molecule has 0 fully saturated rings. The summed E-state index contributed by atoms with van der Waals surface area (Å²) in [7, 11) is 1.30. The molecule has 1 atom stereocenters. The summed E-state index contributed by atoms with van der Waals surface area (Å²) in [6, 6.07) is 9.75. The molecule has 0 aliphatic heterocycles. The Bertz CT molecular complexity index is 764. The largest absolute Gasteiger partial charge is 0.479 e. The van der Waals surface area contributed by atoms with Gasteiger partial charge in [0.25, 0.3) is 5.91 Å². The number of hydrogen-bond acceptors (Lipinski definition) is 3. The topological polar surface area (TPSA) is 80.6 Å². The molecule has 0 saturated carbocycles. The van der Waals surface area contributed by atoms with Crippen molar-refractivity contribution in [3.8, 4) is 5.69 Å². The number of carboxylic acids is 1. The van der Waals surface area contributed by atoms with E-state index >= 15 is 0 Å². The zero-order valence-corrected chi connectivity index (χ0v) is 14.3. The fourth-order valence-corrected chi connectivity index (χ4v) is 2.73. The first kappa shape index (κ1) is 17.7. The van der Waals surface area contributed by atoms with Gasteiger partial charge in [-0.3, -0.25) is 4.79 Å². The van der Waals surface area contributed by atoms with Gasteiger partial charge in [-0.1, -0.05) is 18.2 Å². The summed E-state index contributed by atoms with van der Waals surface area (Å²) in [4.78, 5) is 23.4. The molecule has 2 rings (SSSR count). The van der Waals surface area contributed by atoms with Gasteiger partial charge in [-0.05, 0) is 38.5 Å². The van der Waals surface area contributed by atoms with Crippen molar-refractivity contribution in [2.45, 2.75) is 26.9 Å². The van der Waals surface area contributed by atoms with Gasteiger partial charge < -0.3 is 19.7 Å². The maximum absolute atomic E-state index is 12.4. The van der Waals surface area contributed by atoms with Crippen molar-refractivity contribution in [1.29, 1.82) is 0 Å². The average molecular weight is 330 g/mol. The summed E-state index contributed by atoms with van der Waals surface area (Å²) in [5.41, 5.74) is 4.40. The Morgan fingerprint density at radius 3 is 2.50 bits per heavy atom. The summed E-state index contributed by atoms with van der Waals surface area (Å²) in [6.45, 7) is 5.74. The van der Waals surface area contributed by atoms with Crippen molar-refractivity contribution in [2.24, 2.45) is 0 Å². The smallest absolute Gasteiger partial charge is 0.334 e. The minimum absolute atomic E-state index is 0.0846. The van der Waals surface area contributed by atoms with Crippen molar-refractivity contribution in [1.82, 2.24) is 9.88 Å². The number of nitrogens with one attached hydrogen (secondary N) is 1. The molecule has 1 amide bonds. The molecule has 0 aliphatic carbocycles. The lowest BCUT2D eigenvalue weighted by Crippen LogP contribution is -2.37. The molecule has 1 aromatic heterocycles.